The maximum Gasteiger partial charge on any atom is 0.244 e. The van der Waals surface area contributed by atoms with E-state index in [-0.39, 0.29) is 12.5 Å². The number of hydrogen-bond donors (Lipinski definition) is 1. The molecule has 1 unspecified atom stereocenters. The Morgan fingerprint density at radius 3 is 2.76 bits per heavy atom. The number of tetrazole rings is 1. The highest BCUT2D eigenvalue weighted by molar-refractivity contribution is 5.77. The Morgan fingerprint density at radius 1 is 1.43 bits per heavy atom. The van der Waals surface area contributed by atoms with Gasteiger partial charge in [-0.2, -0.15) is 4.80 Å². The molecule has 0 spiro atoms. The minimum absolute atomic E-state index is 0.0168. The number of nitrogens with one attached hydrogen (secondary N) is 1. The lowest BCUT2D eigenvalue weighted by atomic mass is 10.0. The quantitative estimate of drug-likeness (QED) is 0.838. The van der Waals surface area contributed by atoms with E-state index in [4.69, 9.17) is 6.42 Å². The Balaban J connectivity index is 2.03. The molecule has 1 N–H and O–H groups in total. The molecule has 1 aromatic carbocycles. The van der Waals surface area contributed by atoms with Crippen LogP contribution >= 0.6 is 0 Å². The second kappa shape index (κ2) is 6.18. The lowest BCUT2D eigenvalue weighted by Crippen LogP contribution is -2.45. The van der Waals surface area contributed by atoms with Gasteiger partial charge in [0.2, 0.25) is 11.7 Å². The molecule has 0 radical (unpaired) electrons. The molecule has 0 fully saturated rings. The molecule has 2 rings (SSSR count). The fourth-order valence-corrected chi connectivity index (χ4v) is 1.72. The summed E-state index contributed by atoms with van der Waals surface area (Å²) in [6.45, 7) is 3.70. The summed E-state index contributed by atoms with van der Waals surface area (Å²) in [4.78, 5) is 13.2. The predicted octanol–water partition coefficient (Wildman–Crippen LogP) is 1.26. The standard InChI is InChI=1S/C15H17N5O/c1-4-15(3,5-2)16-13(21)11-20-18-14(17-19-20)12-9-7-6-8-10-12/h1,6-10H,5,11H2,2-3H3,(H,16,21). The number of hydrogen-bond acceptors (Lipinski definition) is 4. The first-order valence-corrected chi connectivity index (χ1v) is 6.68. The number of terminal acetylenes is 1. The van der Waals surface area contributed by atoms with E-state index in [1.165, 1.54) is 4.80 Å². The molecule has 1 amide bonds. The minimum atomic E-state index is -0.653. The smallest absolute Gasteiger partial charge is 0.244 e. The van der Waals surface area contributed by atoms with Crippen molar-refractivity contribution in [3.63, 3.8) is 0 Å². The molecule has 0 aliphatic rings. The summed E-state index contributed by atoms with van der Waals surface area (Å²) >= 11 is 0. The molecule has 0 aliphatic carbocycles. The van der Waals surface area contributed by atoms with Crippen LogP contribution in [-0.4, -0.2) is 31.7 Å². The molecule has 2 aromatic rings. The van der Waals surface area contributed by atoms with E-state index in [1.54, 1.807) is 6.92 Å². The lowest BCUT2D eigenvalue weighted by Gasteiger charge is -2.22. The summed E-state index contributed by atoms with van der Waals surface area (Å²) in [6, 6.07) is 9.46. The number of carbonyl (C=O) groups excluding carboxylic acids is 1. The van der Waals surface area contributed by atoms with Crippen LogP contribution in [0.15, 0.2) is 30.3 Å². The Labute approximate surface area is 123 Å². The zero-order chi connectivity index (χ0) is 15.3. The highest BCUT2D eigenvalue weighted by atomic mass is 16.2. The van der Waals surface area contributed by atoms with Crippen LogP contribution in [0.5, 0.6) is 0 Å². The van der Waals surface area contributed by atoms with E-state index in [0.29, 0.717) is 12.2 Å². The highest BCUT2D eigenvalue weighted by Gasteiger charge is 2.21. The van der Waals surface area contributed by atoms with Gasteiger partial charge in [-0.05, 0) is 18.6 Å². The first kappa shape index (κ1) is 14.7. The van der Waals surface area contributed by atoms with Gasteiger partial charge in [-0.15, -0.1) is 16.6 Å². The van der Waals surface area contributed by atoms with Crippen LogP contribution < -0.4 is 5.32 Å². The fraction of sp³-hybridized carbons (Fsp3) is 0.333. The van der Waals surface area contributed by atoms with Gasteiger partial charge in [0.25, 0.3) is 0 Å². The molecule has 0 saturated carbocycles. The van der Waals surface area contributed by atoms with Crippen molar-refractivity contribution in [1.29, 1.82) is 0 Å². The van der Waals surface area contributed by atoms with Gasteiger partial charge in [-0.1, -0.05) is 43.2 Å². The van der Waals surface area contributed by atoms with Crippen molar-refractivity contribution in [2.75, 3.05) is 0 Å². The molecule has 108 valence electrons. The molecule has 6 nitrogen and oxygen atoms in total. The van der Waals surface area contributed by atoms with Crippen molar-refractivity contribution >= 4 is 5.91 Å². The SMILES string of the molecule is C#CC(C)(CC)NC(=O)Cn1nnc(-c2ccccc2)n1. The van der Waals surface area contributed by atoms with Gasteiger partial charge in [0.05, 0.1) is 5.54 Å². The Kier molecular flexibility index (Phi) is 4.33. The number of rotatable bonds is 5. The van der Waals surface area contributed by atoms with Crippen LogP contribution in [0.25, 0.3) is 11.4 Å². The third-order valence-corrected chi connectivity index (χ3v) is 3.21. The van der Waals surface area contributed by atoms with Gasteiger partial charge in [0.1, 0.15) is 6.54 Å². The predicted molar refractivity (Wildman–Crippen MR) is 78.9 cm³/mol. The van der Waals surface area contributed by atoms with Crippen LogP contribution in [0.4, 0.5) is 0 Å². The van der Waals surface area contributed by atoms with Gasteiger partial charge >= 0.3 is 0 Å². The van der Waals surface area contributed by atoms with Crippen LogP contribution in [0, 0.1) is 12.3 Å². The zero-order valence-electron chi connectivity index (χ0n) is 12.1. The van der Waals surface area contributed by atoms with Gasteiger partial charge in [-0.25, -0.2) is 0 Å². The molecule has 1 heterocycles. The summed E-state index contributed by atoms with van der Waals surface area (Å²) in [5.41, 5.74) is 0.200. The van der Waals surface area contributed by atoms with Crippen molar-refractivity contribution in [2.45, 2.75) is 32.4 Å². The summed E-state index contributed by atoms with van der Waals surface area (Å²) in [5, 5.41) is 14.8. The van der Waals surface area contributed by atoms with Crippen molar-refractivity contribution < 1.29 is 4.79 Å². The number of aromatic nitrogens is 4. The normalized spacial score (nSPS) is 13.2. The third-order valence-electron chi connectivity index (χ3n) is 3.21. The Bertz CT molecular complexity index is 658. The zero-order valence-corrected chi connectivity index (χ0v) is 12.1. The Hall–Kier alpha value is -2.68. The largest absolute Gasteiger partial charge is 0.338 e. The first-order chi connectivity index (χ1) is 10.1. The van der Waals surface area contributed by atoms with E-state index >= 15 is 0 Å². The van der Waals surface area contributed by atoms with Crippen LogP contribution in [-0.2, 0) is 11.3 Å². The minimum Gasteiger partial charge on any atom is -0.338 e. The molecule has 0 saturated heterocycles. The van der Waals surface area contributed by atoms with E-state index in [1.807, 2.05) is 37.3 Å². The average molecular weight is 283 g/mol. The van der Waals surface area contributed by atoms with E-state index in [0.717, 1.165) is 5.56 Å². The number of nitrogens with zero attached hydrogens (tertiary/aromatic N) is 4. The summed E-state index contributed by atoms with van der Waals surface area (Å²) in [6.07, 6.45) is 6.07. The summed E-state index contributed by atoms with van der Waals surface area (Å²) in [7, 11) is 0. The molecule has 1 atom stereocenters. The van der Waals surface area contributed by atoms with Crippen molar-refractivity contribution in [3.05, 3.63) is 30.3 Å². The van der Waals surface area contributed by atoms with Gasteiger partial charge in [0, 0.05) is 5.56 Å². The molecule has 21 heavy (non-hydrogen) atoms. The molecule has 1 aromatic heterocycles. The molecule has 6 heteroatoms. The molecular formula is C15H17N5O. The Morgan fingerprint density at radius 2 is 2.14 bits per heavy atom. The van der Waals surface area contributed by atoms with Crippen molar-refractivity contribution in [3.8, 4) is 23.7 Å². The highest BCUT2D eigenvalue weighted by Crippen LogP contribution is 2.12. The number of benzene rings is 1. The maximum atomic E-state index is 12.0. The van der Waals surface area contributed by atoms with Crippen LogP contribution in [0.2, 0.25) is 0 Å². The van der Waals surface area contributed by atoms with Gasteiger partial charge < -0.3 is 5.32 Å². The summed E-state index contributed by atoms with van der Waals surface area (Å²) in [5.74, 6) is 2.82. The summed E-state index contributed by atoms with van der Waals surface area (Å²) < 4.78 is 0. The monoisotopic (exact) mass is 283 g/mol. The maximum absolute atomic E-state index is 12.0. The van der Waals surface area contributed by atoms with E-state index in [9.17, 15) is 4.79 Å². The second-order valence-electron chi connectivity index (χ2n) is 4.89. The van der Waals surface area contributed by atoms with Crippen molar-refractivity contribution in [2.24, 2.45) is 0 Å². The molecular weight excluding hydrogens is 266 g/mol. The van der Waals surface area contributed by atoms with Crippen LogP contribution in [0.1, 0.15) is 20.3 Å². The average Bonchev–Trinajstić information content (AvgIpc) is 2.96. The van der Waals surface area contributed by atoms with Crippen LogP contribution in [0.3, 0.4) is 0 Å². The fourth-order valence-electron chi connectivity index (χ4n) is 1.72. The van der Waals surface area contributed by atoms with Crippen molar-refractivity contribution in [1.82, 2.24) is 25.5 Å². The number of amides is 1. The molecule has 0 aliphatic heterocycles. The van der Waals surface area contributed by atoms with Gasteiger partial charge in [0.15, 0.2) is 0 Å². The first-order valence-electron chi connectivity index (χ1n) is 6.68. The second-order valence-corrected chi connectivity index (χ2v) is 4.89. The topological polar surface area (TPSA) is 72.7 Å². The third kappa shape index (κ3) is 3.66. The number of carbonyl (C=O) groups is 1. The van der Waals surface area contributed by atoms with E-state index in [2.05, 4.69) is 26.6 Å². The molecule has 0 bridgehead atoms. The van der Waals surface area contributed by atoms with E-state index < -0.39 is 5.54 Å². The lowest BCUT2D eigenvalue weighted by molar-refractivity contribution is -0.123. The van der Waals surface area contributed by atoms with Gasteiger partial charge in [-0.3, -0.25) is 4.79 Å².